The van der Waals surface area contributed by atoms with Gasteiger partial charge in [0.2, 0.25) is 0 Å². The summed E-state index contributed by atoms with van der Waals surface area (Å²) in [5, 5.41) is 9.13. The fourth-order valence-corrected chi connectivity index (χ4v) is 2.47. The lowest BCUT2D eigenvalue weighted by molar-refractivity contribution is 0.0334. The molecule has 0 amide bonds. The molecule has 11 heavy (non-hydrogen) atoms. The second kappa shape index (κ2) is 3.06. The van der Waals surface area contributed by atoms with Gasteiger partial charge in [0.05, 0.1) is 5.75 Å². The number of hydrogen-bond donors (Lipinski definition) is 2. The number of hydrogen-bond acceptors (Lipinski definition) is 5. The van der Waals surface area contributed by atoms with E-state index in [0.717, 1.165) is 0 Å². The summed E-state index contributed by atoms with van der Waals surface area (Å²) < 4.78 is 21.7. The van der Waals surface area contributed by atoms with E-state index in [1.54, 1.807) is 0 Å². The van der Waals surface area contributed by atoms with Gasteiger partial charge in [0.15, 0.2) is 9.84 Å². The Hall–Kier alpha value is -0.170. The second-order valence-electron chi connectivity index (χ2n) is 2.61. The molecule has 1 saturated heterocycles. The lowest BCUT2D eigenvalue weighted by Crippen LogP contribution is -2.38. The van der Waals surface area contributed by atoms with E-state index in [1.165, 1.54) is 4.90 Å². The van der Waals surface area contributed by atoms with E-state index in [-0.39, 0.29) is 18.2 Å². The molecule has 0 saturated carbocycles. The summed E-state index contributed by atoms with van der Waals surface area (Å²) in [6, 6.07) is 0. The lowest BCUT2D eigenvalue weighted by Gasteiger charge is -2.18. The summed E-state index contributed by atoms with van der Waals surface area (Å²) in [6.45, 7) is 0.468. The number of aliphatic hydroxyl groups excluding tert-OH is 1. The number of nitrogens with zero attached hydrogens (tertiary/aromatic N) is 1. The third kappa shape index (κ3) is 2.13. The van der Waals surface area contributed by atoms with Crippen LogP contribution < -0.4 is 5.73 Å². The predicted molar refractivity (Wildman–Crippen MR) is 40.4 cm³/mol. The molecule has 0 aromatic heterocycles. The average Bonchev–Trinajstić information content (AvgIpc) is 2.29. The highest BCUT2D eigenvalue weighted by molar-refractivity contribution is 7.91. The fraction of sp³-hybridized carbons (Fsp3) is 1.00. The SMILES string of the molecule is NCC(O)N1CCS(=O)(=O)C1. The van der Waals surface area contributed by atoms with Crippen LogP contribution in [0.4, 0.5) is 0 Å². The van der Waals surface area contributed by atoms with E-state index in [4.69, 9.17) is 10.8 Å². The van der Waals surface area contributed by atoms with Crippen molar-refractivity contribution >= 4 is 9.84 Å². The number of sulfone groups is 1. The van der Waals surface area contributed by atoms with Crippen LogP contribution in [0.15, 0.2) is 0 Å². The first-order valence-corrected chi connectivity index (χ1v) is 5.20. The summed E-state index contributed by atoms with van der Waals surface area (Å²) in [4.78, 5) is 1.45. The molecular formula is C5H12N2O3S. The first-order chi connectivity index (χ1) is 5.05. The molecule has 1 aliphatic rings. The topological polar surface area (TPSA) is 83.6 Å². The minimum absolute atomic E-state index is 0.0641. The molecule has 6 heteroatoms. The van der Waals surface area contributed by atoms with Crippen LogP contribution in [-0.4, -0.2) is 49.4 Å². The van der Waals surface area contributed by atoms with Gasteiger partial charge in [-0.25, -0.2) is 8.42 Å². The predicted octanol–water partition coefficient (Wildman–Crippen LogP) is -2.05. The quantitative estimate of drug-likeness (QED) is 0.511. The van der Waals surface area contributed by atoms with Gasteiger partial charge in [-0.05, 0) is 0 Å². The van der Waals surface area contributed by atoms with Crippen molar-refractivity contribution < 1.29 is 13.5 Å². The van der Waals surface area contributed by atoms with Gasteiger partial charge in [-0.2, -0.15) is 0 Å². The maximum atomic E-state index is 10.9. The van der Waals surface area contributed by atoms with Crippen molar-refractivity contribution in [1.29, 1.82) is 0 Å². The minimum Gasteiger partial charge on any atom is -0.377 e. The van der Waals surface area contributed by atoms with Crippen LogP contribution in [0.5, 0.6) is 0 Å². The van der Waals surface area contributed by atoms with Gasteiger partial charge in [-0.15, -0.1) is 0 Å². The highest BCUT2D eigenvalue weighted by Gasteiger charge is 2.28. The van der Waals surface area contributed by atoms with Gasteiger partial charge in [-0.3, -0.25) is 4.90 Å². The molecule has 1 atom stereocenters. The Labute approximate surface area is 65.7 Å². The molecule has 3 N–H and O–H groups in total. The third-order valence-electron chi connectivity index (χ3n) is 1.68. The number of nitrogens with two attached hydrogens (primary N) is 1. The van der Waals surface area contributed by atoms with Crippen molar-refractivity contribution in [3.63, 3.8) is 0 Å². The van der Waals surface area contributed by atoms with Crippen LogP contribution in [0, 0.1) is 0 Å². The first-order valence-electron chi connectivity index (χ1n) is 3.38. The van der Waals surface area contributed by atoms with Crippen LogP contribution >= 0.6 is 0 Å². The Morgan fingerprint density at radius 3 is 2.64 bits per heavy atom. The Morgan fingerprint density at radius 2 is 2.27 bits per heavy atom. The standard InChI is InChI=1S/C5H12N2O3S/c6-3-5(8)7-1-2-11(9,10)4-7/h5,8H,1-4,6H2. The zero-order valence-electron chi connectivity index (χ0n) is 6.10. The third-order valence-corrected chi connectivity index (χ3v) is 3.21. The van der Waals surface area contributed by atoms with Gasteiger partial charge < -0.3 is 10.8 Å². The maximum absolute atomic E-state index is 10.9. The second-order valence-corrected chi connectivity index (χ2v) is 4.76. The van der Waals surface area contributed by atoms with Crippen molar-refractivity contribution in [2.24, 2.45) is 5.73 Å². The van der Waals surface area contributed by atoms with Gasteiger partial charge in [-0.1, -0.05) is 0 Å². The Balaban J connectivity index is 2.55. The molecule has 1 heterocycles. The maximum Gasteiger partial charge on any atom is 0.164 e. The van der Waals surface area contributed by atoms with Gasteiger partial charge in [0.25, 0.3) is 0 Å². The van der Waals surface area contributed by atoms with E-state index >= 15 is 0 Å². The molecule has 1 rings (SSSR count). The molecule has 66 valence electrons. The fourth-order valence-electron chi connectivity index (χ4n) is 1.02. The zero-order valence-corrected chi connectivity index (χ0v) is 6.92. The smallest absolute Gasteiger partial charge is 0.164 e. The van der Waals surface area contributed by atoms with E-state index in [2.05, 4.69) is 0 Å². The van der Waals surface area contributed by atoms with Gasteiger partial charge >= 0.3 is 0 Å². The normalized spacial score (nSPS) is 27.1. The lowest BCUT2D eigenvalue weighted by atomic mass is 10.5. The molecule has 0 radical (unpaired) electrons. The zero-order chi connectivity index (χ0) is 8.48. The van der Waals surface area contributed by atoms with Crippen molar-refractivity contribution in [3.8, 4) is 0 Å². The highest BCUT2D eigenvalue weighted by Crippen LogP contribution is 2.08. The molecule has 0 aromatic rings. The molecule has 5 nitrogen and oxygen atoms in total. The Morgan fingerprint density at radius 1 is 1.64 bits per heavy atom. The Kier molecular flexibility index (Phi) is 2.48. The van der Waals surface area contributed by atoms with E-state index < -0.39 is 16.1 Å². The van der Waals surface area contributed by atoms with Crippen LogP contribution in [0.1, 0.15) is 0 Å². The molecule has 0 aliphatic carbocycles. The molecule has 1 unspecified atom stereocenters. The first kappa shape index (κ1) is 8.92. The molecule has 0 bridgehead atoms. The largest absolute Gasteiger partial charge is 0.377 e. The number of rotatable bonds is 2. The van der Waals surface area contributed by atoms with Crippen molar-refractivity contribution in [2.75, 3.05) is 24.7 Å². The summed E-state index contributed by atoms with van der Waals surface area (Å²) in [6.07, 6.45) is -0.813. The van der Waals surface area contributed by atoms with E-state index in [1.807, 2.05) is 0 Å². The van der Waals surface area contributed by atoms with Crippen LogP contribution in [0.3, 0.4) is 0 Å². The van der Waals surface area contributed by atoms with Crippen molar-refractivity contribution in [2.45, 2.75) is 6.23 Å². The van der Waals surface area contributed by atoms with Gasteiger partial charge in [0, 0.05) is 13.1 Å². The molecule has 1 fully saturated rings. The van der Waals surface area contributed by atoms with E-state index in [9.17, 15) is 8.42 Å². The summed E-state index contributed by atoms with van der Waals surface area (Å²) >= 11 is 0. The summed E-state index contributed by atoms with van der Waals surface area (Å²) in [5.41, 5.74) is 5.15. The number of aliphatic hydroxyl groups is 1. The Bertz CT molecular complexity index is 226. The molecule has 1 aliphatic heterocycles. The minimum atomic E-state index is -2.94. The van der Waals surface area contributed by atoms with Crippen LogP contribution in [-0.2, 0) is 9.84 Å². The van der Waals surface area contributed by atoms with Gasteiger partial charge in [0.1, 0.15) is 12.1 Å². The molecule has 0 aromatic carbocycles. The molecular weight excluding hydrogens is 168 g/mol. The van der Waals surface area contributed by atoms with Crippen molar-refractivity contribution in [1.82, 2.24) is 4.90 Å². The van der Waals surface area contributed by atoms with Crippen LogP contribution in [0.2, 0.25) is 0 Å². The molecule has 0 spiro atoms. The average molecular weight is 180 g/mol. The summed E-state index contributed by atoms with van der Waals surface area (Å²) in [5.74, 6) is 0.0649. The summed E-state index contributed by atoms with van der Waals surface area (Å²) in [7, 11) is -2.94. The van der Waals surface area contributed by atoms with Crippen LogP contribution in [0.25, 0.3) is 0 Å². The van der Waals surface area contributed by atoms with Crippen molar-refractivity contribution in [3.05, 3.63) is 0 Å². The highest BCUT2D eigenvalue weighted by atomic mass is 32.2. The monoisotopic (exact) mass is 180 g/mol. The van der Waals surface area contributed by atoms with E-state index in [0.29, 0.717) is 6.54 Å².